The molecule has 0 bridgehead atoms. The first-order chi connectivity index (χ1) is 13.4. The number of ether oxygens (including phenoxy) is 1. The zero-order chi connectivity index (χ0) is 21.3. The van der Waals surface area contributed by atoms with Crippen molar-refractivity contribution in [1.82, 2.24) is 9.97 Å². The first kappa shape index (κ1) is 26.0. The minimum atomic E-state index is -0.632. The van der Waals surface area contributed by atoms with E-state index in [4.69, 9.17) is 17.3 Å². The number of rotatable bonds is 2. The van der Waals surface area contributed by atoms with Crippen molar-refractivity contribution in [2.24, 2.45) is 0 Å². The smallest absolute Gasteiger partial charge is 0.340 e. The third-order valence-electron chi connectivity index (χ3n) is 3.32. The molecular weight excluding hydrogens is 404 g/mol. The molecule has 0 radical (unpaired) electrons. The summed E-state index contributed by atoms with van der Waals surface area (Å²) in [6, 6.07) is 8.23. The fraction of sp³-hybridized carbons (Fsp3) is 0.250. The van der Waals surface area contributed by atoms with Crippen molar-refractivity contribution < 1.29 is 18.3 Å². The summed E-state index contributed by atoms with van der Waals surface area (Å²) >= 11 is 5.50. The van der Waals surface area contributed by atoms with Gasteiger partial charge in [0.2, 0.25) is 0 Å². The normalized spacial score (nSPS) is 9.31. The largest absolute Gasteiger partial charge is 0.465 e. The summed E-state index contributed by atoms with van der Waals surface area (Å²) in [5.74, 6) is -1.43. The van der Waals surface area contributed by atoms with Crippen LogP contribution in [0.3, 0.4) is 0 Å². The van der Waals surface area contributed by atoms with Crippen LogP contribution in [0.1, 0.15) is 37.5 Å². The van der Waals surface area contributed by atoms with Crippen LogP contribution < -0.4 is 11.3 Å². The van der Waals surface area contributed by atoms with Gasteiger partial charge in [-0.3, -0.25) is 4.79 Å². The second-order valence-electron chi connectivity index (χ2n) is 4.97. The van der Waals surface area contributed by atoms with Gasteiger partial charge >= 0.3 is 5.97 Å². The van der Waals surface area contributed by atoms with Crippen molar-refractivity contribution in [3.63, 3.8) is 0 Å². The molecule has 0 amide bonds. The first-order valence-electron chi connectivity index (χ1n) is 8.24. The van der Waals surface area contributed by atoms with Crippen LogP contribution >= 0.6 is 11.6 Å². The lowest BCUT2D eigenvalue weighted by atomic mass is 10.2. The van der Waals surface area contributed by atoms with Crippen molar-refractivity contribution in [3.8, 4) is 0 Å². The Hall–Kier alpha value is -3.00. The molecule has 0 saturated carbocycles. The summed E-state index contributed by atoms with van der Waals surface area (Å²) in [6.07, 6.45) is 0. The zero-order valence-electron chi connectivity index (χ0n) is 15.6. The van der Waals surface area contributed by atoms with E-state index in [1.807, 2.05) is 13.8 Å². The van der Waals surface area contributed by atoms with Crippen molar-refractivity contribution in [2.45, 2.75) is 27.2 Å². The van der Waals surface area contributed by atoms with Gasteiger partial charge in [-0.2, -0.15) is 0 Å². The number of halogens is 3. The molecule has 0 saturated heterocycles. The van der Waals surface area contributed by atoms with Crippen LogP contribution in [-0.2, 0) is 10.6 Å². The number of anilines is 1. The van der Waals surface area contributed by atoms with Crippen LogP contribution in [0.4, 0.5) is 14.5 Å². The molecule has 0 aliphatic heterocycles. The number of fused-ring (bicyclic) bond motifs is 1. The number of para-hydroxylation sites is 2. The molecule has 0 atom stereocenters. The number of nitrogens with zero attached hydrogens (tertiary/aromatic N) is 1. The highest BCUT2D eigenvalue weighted by Crippen LogP contribution is 2.16. The molecule has 3 rings (SSSR count). The van der Waals surface area contributed by atoms with Gasteiger partial charge in [0.25, 0.3) is 5.56 Å². The third kappa shape index (κ3) is 6.53. The first-order valence-corrected chi connectivity index (χ1v) is 8.78. The number of aromatic amines is 1. The molecule has 0 unspecified atom stereocenters. The molecule has 9 heteroatoms. The average Bonchev–Trinajstić information content (AvgIpc) is 2.72. The van der Waals surface area contributed by atoms with E-state index in [2.05, 4.69) is 14.7 Å². The van der Waals surface area contributed by atoms with Crippen LogP contribution in [0, 0.1) is 11.6 Å². The van der Waals surface area contributed by atoms with Gasteiger partial charge in [-0.05, 0) is 24.3 Å². The highest BCUT2D eigenvalue weighted by Gasteiger charge is 2.11. The molecule has 1 heterocycles. The molecule has 0 aliphatic rings. The Labute approximate surface area is 172 Å². The lowest BCUT2D eigenvalue weighted by Crippen LogP contribution is -2.11. The van der Waals surface area contributed by atoms with Crippen molar-refractivity contribution in [1.29, 1.82) is 0 Å². The standard InChI is InChI=1S/C9H6ClFN2O.C8H8FNO2.C2H6.CH4/c10-4-7-12-8-5(9(14)13-7)2-1-3-6(8)11;1-12-8(11)5-3-2-4-6(9)7(5)10;1-2;/h1-3H,4H2,(H,12,13,14);2-4H,10H2,1H3;1-2H3;1H4. The molecule has 2 aromatic carbocycles. The molecule has 0 aliphatic carbocycles. The number of carbonyl (C=O) groups is 1. The van der Waals surface area contributed by atoms with Gasteiger partial charge in [-0.25, -0.2) is 18.6 Å². The van der Waals surface area contributed by atoms with Crippen LogP contribution in [-0.4, -0.2) is 23.0 Å². The Bertz CT molecular complexity index is 1010. The Morgan fingerprint density at radius 3 is 2.34 bits per heavy atom. The number of hydrogen-bond donors (Lipinski definition) is 2. The molecular formula is C20H24ClF2N3O3. The Morgan fingerprint density at radius 1 is 1.17 bits per heavy atom. The fourth-order valence-corrected chi connectivity index (χ4v) is 2.19. The van der Waals surface area contributed by atoms with E-state index in [1.54, 1.807) is 0 Å². The summed E-state index contributed by atoms with van der Waals surface area (Å²) in [7, 11) is 1.21. The second-order valence-corrected chi connectivity index (χ2v) is 5.24. The maximum absolute atomic E-state index is 13.2. The second kappa shape index (κ2) is 12.5. The van der Waals surface area contributed by atoms with Gasteiger partial charge in [0, 0.05) is 0 Å². The summed E-state index contributed by atoms with van der Waals surface area (Å²) in [6.45, 7) is 4.00. The SMILES string of the molecule is C.CC.COC(=O)c1cccc(F)c1N.O=c1[nH]c(CCl)nc2c(F)cccc12. The average molecular weight is 428 g/mol. The number of aromatic nitrogens is 2. The van der Waals surface area contributed by atoms with Gasteiger partial charge in [-0.15, -0.1) is 11.6 Å². The lowest BCUT2D eigenvalue weighted by Gasteiger charge is -2.02. The van der Waals surface area contributed by atoms with Gasteiger partial charge in [0.15, 0.2) is 0 Å². The van der Waals surface area contributed by atoms with Crippen LogP contribution in [0.2, 0.25) is 0 Å². The summed E-state index contributed by atoms with van der Waals surface area (Å²) in [4.78, 5) is 28.7. The highest BCUT2D eigenvalue weighted by molar-refractivity contribution is 6.16. The number of nitrogens with two attached hydrogens (primary N) is 1. The number of methoxy groups -OCH3 is 1. The van der Waals surface area contributed by atoms with E-state index < -0.39 is 17.6 Å². The van der Waals surface area contributed by atoms with E-state index in [9.17, 15) is 18.4 Å². The zero-order valence-corrected chi connectivity index (χ0v) is 16.3. The summed E-state index contributed by atoms with van der Waals surface area (Å²) < 4.78 is 30.4. The maximum Gasteiger partial charge on any atom is 0.340 e. The Kier molecular flexibility index (Phi) is 11.2. The summed E-state index contributed by atoms with van der Waals surface area (Å²) in [5.41, 5.74) is 4.85. The monoisotopic (exact) mass is 427 g/mol. The number of hydrogen-bond acceptors (Lipinski definition) is 5. The van der Waals surface area contributed by atoms with Gasteiger partial charge in [0.05, 0.1) is 29.6 Å². The van der Waals surface area contributed by atoms with Crippen LogP contribution in [0.25, 0.3) is 10.9 Å². The molecule has 0 fully saturated rings. The van der Waals surface area contributed by atoms with Crippen molar-refractivity contribution >= 4 is 34.2 Å². The third-order valence-corrected chi connectivity index (χ3v) is 3.57. The van der Waals surface area contributed by atoms with Gasteiger partial charge < -0.3 is 15.5 Å². The molecule has 158 valence electrons. The molecule has 6 nitrogen and oxygen atoms in total. The van der Waals surface area contributed by atoms with Crippen LogP contribution in [0.5, 0.6) is 0 Å². The van der Waals surface area contributed by atoms with Crippen molar-refractivity contribution in [3.05, 3.63) is 69.8 Å². The fourth-order valence-electron chi connectivity index (χ4n) is 2.06. The number of benzene rings is 2. The molecule has 29 heavy (non-hydrogen) atoms. The molecule has 1 aromatic heterocycles. The minimum absolute atomic E-state index is 0. The van der Waals surface area contributed by atoms with E-state index in [1.165, 1.54) is 43.5 Å². The molecule has 0 spiro atoms. The predicted octanol–water partition coefficient (Wildman–Crippen LogP) is 4.66. The molecule has 3 N–H and O–H groups in total. The van der Waals surface area contributed by atoms with E-state index >= 15 is 0 Å². The summed E-state index contributed by atoms with van der Waals surface area (Å²) in [5, 5.41) is 0.235. The minimum Gasteiger partial charge on any atom is -0.465 e. The van der Waals surface area contributed by atoms with Gasteiger partial charge in [-0.1, -0.05) is 33.4 Å². The van der Waals surface area contributed by atoms with Gasteiger partial charge in [0.1, 0.15) is 23.0 Å². The number of H-pyrrole nitrogens is 1. The predicted molar refractivity (Wildman–Crippen MR) is 112 cm³/mol. The number of carbonyl (C=O) groups excluding carboxylic acids is 1. The quantitative estimate of drug-likeness (QED) is 0.352. The maximum atomic E-state index is 13.2. The van der Waals surface area contributed by atoms with E-state index in [0.29, 0.717) is 0 Å². The Balaban J connectivity index is 0.000000488. The Morgan fingerprint density at radius 2 is 1.76 bits per heavy atom. The highest BCUT2D eigenvalue weighted by atomic mass is 35.5. The number of esters is 1. The lowest BCUT2D eigenvalue weighted by molar-refractivity contribution is 0.0601. The number of nitrogen functional groups attached to an aromatic ring is 1. The topological polar surface area (TPSA) is 98.1 Å². The number of alkyl halides is 1. The van der Waals surface area contributed by atoms with E-state index in [0.717, 1.165) is 0 Å². The van der Waals surface area contributed by atoms with Crippen molar-refractivity contribution in [2.75, 3.05) is 12.8 Å². The molecule has 3 aromatic rings. The van der Waals surface area contributed by atoms with E-state index in [-0.39, 0.29) is 46.8 Å². The van der Waals surface area contributed by atoms with Crippen LogP contribution in [0.15, 0.2) is 41.2 Å². The number of nitrogens with one attached hydrogen (secondary N) is 1.